The quantitative estimate of drug-likeness (QED) is 0.495. The molecule has 0 aliphatic carbocycles. The van der Waals surface area contributed by atoms with Crippen molar-refractivity contribution in [2.24, 2.45) is 0 Å². The number of aliphatic hydroxyl groups is 1. The average Bonchev–Trinajstić information content (AvgIpc) is 2.74. The van der Waals surface area contributed by atoms with Crippen molar-refractivity contribution in [2.75, 3.05) is 18.5 Å². The minimum atomic E-state index is -0.984. The van der Waals surface area contributed by atoms with Crippen molar-refractivity contribution >= 4 is 22.6 Å². The highest BCUT2D eigenvalue weighted by atomic mass is 19.1. The van der Waals surface area contributed by atoms with E-state index in [1.165, 1.54) is 12.1 Å². The van der Waals surface area contributed by atoms with Gasteiger partial charge in [-0.3, -0.25) is 5.32 Å². The van der Waals surface area contributed by atoms with Crippen LogP contribution in [0.2, 0.25) is 0 Å². The predicted molar refractivity (Wildman–Crippen MR) is 112 cm³/mol. The second kappa shape index (κ2) is 10.0. The molecule has 3 N–H and O–H groups in total. The average molecular weight is 413 g/mol. The first-order valence-corrected chi connectivity index (χ1v) is 9.69. The van der Waals surface area contributed by atoms with Gasteiger partial charge < -0.3 is 19.7 Å². The van der Waals surface area contributed by atoms with E-state index in [9.17, 15) is 19.4 Å². The summed E-state index contributed by atoms with van der Waals surface area (Å²) >= 11 is 0. The fraction of sp³-hybridized carbons (Fsp3) is 0.261. The molecular formula is C23H24FNO5. The molecule has 3 aromatic carbocycles. The number of halogens is 1. The van der Waals surface area contributed by atoms with E-state index in [1.807, 2.05) is 36.4 Å². The summed E-state index contributed by atoms with van der Waals surface area (Å²) in [5.41, 5.74) is 0.883. The van der Waals surface area contributed by atoms with Crippen LogP contribution in [0.15, 0.2) is 60.7 Å². The number of carbonyl (C=O) groups excluding carboxylic acids is 1. The molecule has 3 aromatic rings. The minimum absolute atomic E-state index is 0.183. The normalized spacial score (nSPS) is 13.0. The number of phenolic OH excluding ortho intramolecular Hbond substituents is 1. The van der Waals surface area contributed by atoms with Gasteiger partial charge in [0.25, 0.3) is 0 Å². The molecule has 2 atom stereocenters. The molecule has 0 aromatic heterocycles. The van der Waals surface area contributed by atoms with Gasteiger partial charge in [-0.2, -0.15) is 0 Å². The van der Waals surface area contributed by atoms with Crippen molar-refractivity contribution in [1.29, 1.82) is 0 Å². The highest BCUT2D eigenvalue weighted by Crippen LogP contribution is 2.30. The van der Waals surface area contributed by atoms with Crippen LogP contribution in [0.25, 0.3) is 10.8 Å². The molecular weight excluding hydrogens is 389 g/mol. The van der Waals surface area contributed by atoms with E-state index in [1.54, 1.807) is 13.0 Å². The number of hydrogen-bond donors (Lipinski definition) is 3. The molecule has 0 heterocycles. The summed E-state index contributed by atoms with van der Waals surface area (Å²) in [5, 5.41) is 23.4. The Labute approximate surface area is 173 Å². The monoisotopic (exact) mass is 413 g/mol. The third kappa shape index (κ3) is 5.06. The van der Waals surface area contributed by atoms with Gasteiger partial charge >= 0.3 is 6.09 Å². The van der Waals surface area contributed by atoms with Crippen molar-refractivity contribution in [3.05, 3.63) is 72.0 Å². The molecule has 0 saturated carbocycles. The van der Waals surface area contributed by atoms with Gasteiger partial charge in [-0.05, 0) is 36.1 Å². The molecule has 158 valence electrons. The summed E-state index contributed by atoms with van der Waals surface area (Å²) in [6, 6.07) is 16.8. The Morgan fingerprint density at radius 2 is 1.90 bits per heavy atom. The number of phenols is 1. The van der Waals surface area contributed by atoms with Crippen LogP contribution < -0.4 is 5.32 Å². The summed E-state index contributed by atoms with van der Waals surface area (Å²) in [4.78, 5) is 12.7. The maximum absolute atomic E-state index is 13.9. The summed E-state index contributed by atoms with van der Waals surface area (Å²) in [7, 11) is 0. The highest BCUT2D eigenvalue weighted by molar-refractivity contribution is 6.00. The Morgan fingerprint density at radius 1 is 1.13 bits per heavy atom. The molecule has 7 heteroatoms. The number of aliphatic hydroxyl groups excluding tert-OH is 1. The van der Waals surface area contributed by atoms with Crippen molar-refractivity contribution in [3.8, 4) is 5.75 Å². The number of anilines is 1. The van der Waals surface area contributed by atoms with Crippen LogP contribution in [0.5, 0.6) is 5.75 Å². The molecule has 30 heavy (non-hydrogen) atoms. The maximum atomic E-state index is 13.9. The van der Waals surface area contributed by atoms with Crippen molar-refractivity contribution in [3.63, 3.8) is 0 Å². The first-order valence-electron chi connectivity index (χ1n) is 9.69. The first-order chi connectivity index (χ1) is 14.5. The Hall–Kier alpha value is -3.16. The van der Waals surface area contributed by atoms with Gasteiger partial charge in [-0.1, -0.05) is 42.5 Å². The van der Waals surface area contributed by atoms with Crippen molar-refractivity contribution in [1.82, 2.24) is 0 Å². The van der Waals surface area contributed by atoms with Gasteiger partial charge in [0, 0.05) is 25.0 Å². The van der Waals surface area contributed by atoms with Crippen molar-refractivity contribution < 1.29 is 28.9 Å². The first kappa shape index (κ1) is 21.5. The van der Waals surface area contributed by atoms with Crippen LogP contribution in [-0.2, 0) is 9.47 Å². The van der Waals surface area contributed by atoms with Crippen LogP contribution in [0.1, 0.15) is 25.0 Å². The van der Waals surface area contributed by atoms with E-state index >= 15 is 0 Å². The van der Waals surface area contributed by atoms with Gasteiger partial charge in [0.2, 0.25) is 0 Å². The second-order valence-corrected chi connectivity index (χ2v) is 6.69. The Morgan fingerprint density at radius 3 is 2.63 bits per heavy atom. The zero-order chi connectivity index (χ0) is 21.5. The van der Waals surface area contributed by atoms with Crippen LogP contribution in [0.3, 0.4) is 0 Å². The molecule has 0 bridgehead atoms. The number of benzene rings is 3. The highest BCUT2D eigenvalue weighted by Gasteiger charge is 2.28. The van der Waals surface area contributed by atoms with Gasteiger partial charge in [-0.25, -0.2) is 9.18 Å². The van der Waals surface area contributed by atoms with Crippen LogP contribution in [-0.4, -0.2) is 35.6 Å². The maximum Gasteiger partial charge on any atom is 0.412 e. The standard InChI is InChI=1S/C23H24FNO5/c1-2-29-21(12-13-26)22(16-10-11-20(27)18(24)14-16)30-23(28)25-19-9-5-7-15-6-3-4-8-17(15)19/h3-11,14,21-22,26-27H,2,12-13H2,1H3,(H,25,28)/t21-,22-/m0/s1. The second-order valence-electron chi connectivity index (χ2n) is 6.69. The molecule has 0 unspecified atom stereocenters. The van der Waals surface area contributed by atoms with Crippen LogP contribution in [0, 0.1) is 5.82 Å². The fourth-order valence-electron chi connectivity index (χ4n) is 3.31. The van der Waals surface area contributed by atoms with Gasteiger partial charge in [-0.15, -0.1) is 0 Å². The summed E-state index contributed by atoms with van der Waals surface area (Å²) in [6.07, 6.45) is -2.24. The van der Waals surface area contributed by atoms with Gasteiger partial charge in [0.15, 0.2) is 17.7 Å². The number of hydrogen-bond acceptors (Lipinski definition) is 5. The molecule has 0 aliphatic heterocycles. The van der Waals surface area contributed by atoms with Crippen molar-refractivity contribution in [2.45, 2.75) is 25.6 Å². The largest absolute Gasteiger partial charge is 0.505 e. The number of ether oxygens (including phenoxy) is 2. The fourth-order valence-corrected chi connectivity index (χ4v) is 3.31. The number of amides is 1. The zero-order valence-corrected chi connectivity index (χ0v) is 16.5. The summed E-state index contributed by atoms with van der Waals surface area (Å²) in [6.45, 7) is 1.89. The number of rotatable bonds is 8. The van der Waals surface area contributed by atoms with E-state index in [0.29, 0.717) is 17.9 Å². The molecule has 6 nitrogen and oxygen atoms in total. The van der Waals surface area contributed by atoms with Crippen LogP contribution in [0.4, 0.5) is 14.9 Å². The lowest BCUT2D eigenvalue weighted by Gasteiger charge is -2.27. The van der Waals surface area contributed by atoms with E-state index in [4.69, 9.17) is 9.47 Å². The minimum Gasteiger partial charge on any atom is -0.505 e. The molecule has 3 rings (SSSR count). The van der Waals surface area contributed by atoms with E-state index in [-0.39, 0.29) is 13.0 Å². The van der Waals surface area contributed by atoms with E-state index in [2.05, 4.69) is 5.32 Å². The van der Waals surface area contributed by atoms with Gasteiger partial charge in [0.1, 0.15) is 6.10 Å². The van der Waals surface area contributed by atoms with E-state index < -0.39 is 29.9 Å². The third-order valence-corrected chi connectivity index (χ3v) is 4.69. The molecule has 0 aliphatic rings. The molecule has 0 radical (unpaired) electrons. The number of nitrogens with one attached hydrogen (secondary N) is 1. The number of fused-ring (bicyclic) bond motifs is 1. The lowest BCUT2D eigenvalue weighted by molar-refractivity contribution is -0.0485. The molecule has 0 saturated heterocycles. The Kier molecular flexibility index (Phi) is 7.21. The zero-order valence-electron chi connectivity index (χ0n) is 16.5. The Balaban J connectivity index is 1.87. The summed E-state index contributed by atoms with van der Waals surface area (Å²) < 4.78 is 25.2. The number of aromatic hydroxyl groups is 1. The van der Waals surface area contributed by atoms with Gasteiger partial charge in [0.05, 0.1) is 5.69 Å². The third-order valence-electron chi connectivity index (χ3n) is 4.69. The molecule has 0 fully saturated rings. The molecule has 0 spiro atoms. The topological polar surface area (TPSA) is 88.0 Å². The SMILES string of the molecule is CCO[C@@H](CCO)[C@@H](OC(=O)Nc1cccc2ccccc12)c1ccc(O)c(F)c1. The lowest BCUT2D eigenvalue weighted by atomic mass is 10.0. The Bertz CT molecular complexity index is 999. The smallest absolute Gasteiger partial charge is 0.412 e. The number of carbonyl (C=O) groups is 1. The lowest BCUT2D eigenvalue weighted by Crippen LogP contribution is -2.29. The summed E-state index contributed by atoms with van der Waals surface area (Å²) in [5.74, 6) is -1.34. The van der Waals surface area contributed by atoms with Crippen LogP contribution >= 0.6 is 0 Å². The predicted octanol–water partition coefficient (Wildman–Crippen LogP) is 4.76. The molecule has 1 amide bonds. The van der Waals surface area contributed by atoms with E-state index in [0.717, 1.165) is 16.8 Å².